The van der Waals surface area contributed by atoms with Gasteiger partial charge in [-0.3, -0.25) is 0 Å². The van der Waals surface area contributed by atoms with Crippen molar-refractivity contribution >= 4 is 0 Å². The number of hydrogen-bond donors (Lipinski definition) is 1. The van der Waals surface area contributed by atoms with Crippen LogP contribution < -0.4 is 0 Å². The second kappa shape index (κ2) is 4.76. The van der Waals surface area contributed by atoms with Crippen LogP contribution in [0, 0.1) is 5.92 Å². The van der Waals surface area contributed by atoms with Gasteiger partial charge in [-0.2, -0.15) is 0 Å². The zero-order valence-corrected chi connectivity index (χ0v) is 7.55. The first-order chi connectivity index (χ1) is 5.34. The van der Waals surface area contributed by atoms with Gasteiger partial charge in [0.2, 0.25) is 0 Å². The molecule has 0 amide bonds. The molecule has 1 fully saturated rings. The number of rotatable bonds is 2. The largest absolute Gasteiger partial charge is 0.393 e. The smallest absolute Gasteiger partial charge is 0.0568 e. The lowest BCUT2D eigenvalue weighted by Gasteiger charge is -2.18. The van der Waals surface area contributed by atoms with Gasteiger partial charge in [-0.15, -0.1) is 0 Å². The molecular weight excluding hydrogens is 136 g/mol. The molecule has 1 rings (SSSR count). The molecule has 0 heterocycles. The fourth-order valence-corrected chi connectivity index (χ4v) is 2.07. The molecule has 0 radical (unpaired) electrons. The van der Waals surface area contributed by atoms with Gasteiger partial charge in [0.05, 0.1) is 6.10 Å². The highest BCUT2D eigenvalue weighted by molar-refractivity contribution is 4.72. The average Bonchev–Trinajstić information content (AvgIpc) is 2.18. The van der Waals surface area contributed by atoms with Crippen LogP contribution in [0.4, 0.5) is 0 Å². The van der Waals surface area contributed by atoms with Gasteiger partial charge in [0.25, 0.3) is 0 Å². The topological polar surface area (TPSA) is 20.2 Å². The Morgan fingerprint density at radius 2 is 1.91 bits per heavy atom. The normalized spacial score (nSPS) is 33.3. The minimum atomic E-state index is 0.0115. The van der Waals surface area contributed by atoms with E-state index in [4.69, 9.17) is 0 Å². The van der Waals surface area contributed by atoms with Crippen LogP contribution in [0.2, 0.25) is 0 Å². The Bertz CT molecular complexity index is 101. The number of aliphatic hydroxyl groups is 1. The van der Waals surface area contributed by atoms with Crippen molar-refractivity contribution in [1.82, 2.24) is 0 Å². The Hall–Kier alpha value is -0.0400. The summed E-state index contributed by atoms with van der Waals surface area (Å²) < 4.78 is 0. The molecule has 1 N–H and O–H groups in total. The van der Waals surface area contributed by atoms with Gasteiger partial charge < -0.3 is 5.11 Å². The first-order valence-corrected chi connectivity index (χ1v) is 5.02. The summed E-state index contributed by atoms with van der Waals surface area (Å²) in [5, 5.41) is 9.68. The van der Waals surface area contributed by atoms with Crippen molar-refractivity contribution in [2.45, 2.75) is 58.0 Å². The van der Waals surface area contributed by atoms with Gasteiger partial charge >= 0.3 is 0 Å². The van der Waals surface area contributed by atoms with E-state index in [-0.39, 0.29) is 6.10 Å². The van der Waals surface area contributed by atoms with Crippen LogP contribution in [0.5, 0.6) is 0 Å². The summed E-state index contributed by atoms with van der Waals surface area (Å²) in [7, 11) is 0. The monoisotopic (exact) mass is 156 g/mol. The van der Waals surface area contributed by atoms with Crippen molar-refractivity contribution in [1.29, 1.82) is 0 Å². The van der Waals surface area contributed by atoms with E-state index in [2.05, 4.69) is 6.92 Å². The average molecular weight is 156 g/mol. The van der Waals surface area contributed by atoms with E-state index in [1.54, 1.807) is 0 Å². The standard InChI is InChI=1S/C10H20O/c1-2-6-9-7-4-3-5-8-10(9)11/h9-11H,2-8H2,1H3. The Morgan fingerprint density at radius 1 is 1.18 bits per heavy atom. The lowest BCUT2D eigenvalue weighted by atomic mass is 9.93. The highest BCUT2D eigenvalue weighted by atomic mass is 16.3. The third kappa shape index (κ3) is 2.82. The molecule has 0 spiro atoms. The second-order valence-electron chi connectivity index (χ2n) is 3.75. The van der Waals surface area contributed by atoms with E-state index in [1.165, 1.54) is 38.5 Å². The molecule has 1 heteroatoms. The SMILES string of the molecule is CCCC1CCCCCC1O. The Kier molecular flexibility index (Phi) is 3.92. The molecule has 1 nitrogen and oxygen atoms in total. The van der Waals surface area contributed by atoms with Crippen molar-refractivity contribution in [2.24, 2.45) is 5.92 Å². The summed E-state index contributed by atoms with van der Waals surface area (Å²) >= 11 is 0. The van der Waals surface area contributed by atoms with Crippen LogP contribution in [-0.2, 0) is 0 Å². The minimum absolute atomic E-state index is 0.0115. The maximum Gasteiger partial charge on any atom is 0.0568 e. The molecule has 0 bridgehead atoms. The van der Waals surface area contributed by atoms with Crippen molar-refractivity contribution < 1.29 is 5.11 Å². The van der Waals surface area contributed by atoms with Crippen molar-refractivity contribution in [2.75, 3.05) is 0 Å². The van der Waals surface area contributed by atoms with E-state index < -0.39 is 0 Å². The van der Waals surface area contributed by atoms with E-state index in [0.29, 0.717) is 5.92 Å². The number of hydrogen-bond acceptors (Lipinski definition) is 1. The highest BCUT2D eigenvalue weighted by Crippen LogP contribution is 2.26. The maximum atomic E-state index is 9.68. The molecule has 0 aliphatic heterocycles. The summed E-state index contributed by atoms with van der Waals surface area (Å²) in [5.41, 5.74) is 0. The van der Waals surface area contributed by atoms with E-state index in [9.17, 15) is 5.11 Å². The van der Waals surface area contributed by atoms with Crippen molar-refractivity contribution in [3.63, 3.8) is 0 Å². The molecule has 66 valence electrons. The van der Waals surface area contributed by atoms with Crippen LogP contribution in [-0.4, -0.2) is 11.2 Å². The van der Waals surface area contributed by atoms with E-state index in [0.717, 1.165) is 6.42 Å². The van der Waals surface area contributed by atoms with Gasteiger partial charge in [-0.25, -0.2) is 0 Å². The van der Waals surface area contributed by atoms with Crippen LogP contribution in [0.3, 0.4) is 0 Å². The molecule has 2 unspecified atom stereocenters. The van der Waals surface area contributed by atoms with E-state index in [1.807, 2.05) is 0 Å². The minimum Gasteiger partial charge on any atom is -0.393 e. The molecule has 1 aliphatic rings. The molecule has 0 aromatic carbocycles. The highest BCUT2D eigenvalue weighted by Gasteiger charge is 2.19. The van der Waals surface area contributed by atoms with Crippen molar-refractivity contribution in [3.05, 3.63) is 0 Å². The predicted molar refractivity (Wildman–Crippen MR) is 47.5 cm³/mol. The zero-order chi connectivity index (χ0) is 8.10. The molecule has 0 aromatic rings. The van der Waals surface area contributed by atoms with Gasteiger partial charge in [-0.05, 0) is 25.2 Å². The Labute approximate surface area is 69.8 Å². The quantitative estimate of drug-likeness (QED) is 0.609. The lowest BCUT2D eigenvalue weighted by Crippen LogP contribution is -2.18. The molecule has 0 aromatic heterocycles. The molecule has 1 saturated carbocycles. The van der Waals surface area contributed by atoms with Gasteiger partial charge in [0.1, 0.15) is 0 Å². The van der Waals surface area contributed by atoms with Gasteiger partial charge in [-0.1, -0.05) is 32.6 Å². The third-order valence-electron chi connectivity index (χ3n) is 2.78. The lowest BCUT2D eigenvalue weighted by molar-refractivity contribution is 0.0954. The third-order valence-corrected chi connectivity index (χ3v) is 2.78. The molecule has 11 heavy (non-hydrogen) atoms. The first-order valence-electron chi connectivity index (χ1n) is 5.02. The summed E-state index contributed by atoms with van der Waals surface area (Å²) in [4.78, 5) is 0. The molecule has 0 saturated heterocycles. The molecule has 1 aliphatic carbocycles. The zero-order valence-electron chi connectivity index (χ0n) is 7.55. The van der Waals surface area contributed by atoms with Crippen LogP contribution in [0.15, 0.2) is 0 Å². The fourth-order valence-electron chi connectivity index (χ4n) is 2.07. The Morgan fingerprint density at radius 3 is 2.64 bits per heavy atom. The van der Waals surface area contributed by atoms with Crippen LogP contribution >= 0.6 is 0 Å². The number of aliphatic hydroxyl groups excluding tert-OH is 1. The predicted octanol–water partition coefficient (Wildman–Crippen LogP) is 2.73. The van der Waals surface area contributed by atoms with E-state index >= 15 is 0 Å². The van der Waals surface area contributed by atoms with Crippen LogP contribution in [0.25, 0.3) is 0 Å². The fraction of sp³-hybridized carbons (Fsp3) is 1.00. The summed E-state index contributed by atoms with van der Waals surface area (Å²) in [6, 6.07) is 0. The summed E-state index contributed by atoms with van der Waals surface area (Å²) in [6.07, 6.45) is 8.67. The van der Waals surface area contributed by atoms with Crippen molar-refractivity contribution in [3.8, 4) is 0 Å². The maximum absolute atomic E-state index is 9.68. The summed E-state index contributed by atoms with van der Waals surface area (Å²) in [6.45, 7) is 2.21. The molecular formula is C10H20O. The van der Waals surface area contributed by atoms with Gasteiger partial charge in [0.15, 0.2) is 0 Å². The second-order valence-corrected chi connectivity index (χ2v) is 3.75. The van der Waals surface area contributed by atoms with Gasteiger partial charge in [0, 0.05) is 0 Å². The van der Waals surface area contributed by atoms with Crippen LogP contribution in [0.1, 0.15) is 51.9 Å². The summed E-state index contributed by atoms with van der Waals surface area (Å²) in [5.74, 6) is 0.613. The Balaban J connectivity index is 2.32. The molecule has 2 atom stereocenters. The first kappa shape index (κ1) is 9.05.